The molecule has 6 heteroatoms. The molecule has 6 nitrogen and oxygen atoms in total. The maximum Gasteiger partial charge on any atom is 0.459 e. The van der Waals surface area contributed by atoms with Crippen molar-refractivity contribution in [2.45, 2.75) is 25.4 Å². The molecule has 11 heavy (non-hydrogen) atoms. The molecule has 0 aliphatic heterocycles. The van der Waals surface area contributed by atoms with Crippen LogP contribution in [0.1, 0.15) is 19.8 Å². The van der Waals surface area contributed by atoms with E-state index < -0.39 is 15.5 Å². The molecule has 0 unspecified atom stereocenters. The van der Waals surface area contributed by atoms with Crippen molar-refractivity contribution in [3.63, 3.8) is 0 Å². The van der Waals surface area contributed by atoms with E-state index in [1.807, 2.05) is 0 Å². The highest BCUT2D eigenvalue weighted by Crippen LogP contribution is 2.40. The van der Waals surface area contributed by atoms with Crippen molar-refractivity contribution < 1.29 is 9.85 Å². The van der Waals surface area contributed by atoms with Gasteiger partial charge in [-0.3, -0.25) is 20.2 Å². The monoisotopic (exact) mass is 160 g/mol. The first-order valence-corrected chi connectivity index (χ1v) is 3.28. The molecule has 0 amide bonds. The molecule has 62 valence electrons. The van der Waals surface area contributed by atoms with Crippen molar-refractivity contribution in [1.29, 1.82) is 0 Å². The Labute approximate surface area is 62.5 Å². The predicted octanol–water partition coefficient (Wildman–Crippen LogP) is 0.666. The first kappa shape index (κ1) is 7.90. The third-order valence-electron chi connectivity index (χ3n) is 2.03. The summed E-state index contributed by atoms with van der Waals surface area (Å²) in [4.78, 5) is 18.9. The SMILES string of the molecule is CC1CC([N+](=O)[O-])([N+](=O)[O-])C1. The van der Waals surface area contributed by atoms with E-state index in [-0.39, 0.29) is 18.8 Å². The van der Waals surface area contributed by atoms with Crippen molar-refractivity contribution in [2.24, 2.45) is 5.92 Å². The highest BCUT2D eigenvalue weighted by atomic mass is 16.7. The molecule has 0 bridgehead atoms. The molecule has 0 atom stereocenters. The summed E-state index contributed by atoms with van der Waals surface area (Å²) in [5, 5.41) is 20.5. The molecule has 0 N–H and O–H groups in total. The molecule has 0 aromatic carbocycles. The molecule has 1 saturated carbocycles. The molecule has 0 saturated heterocycles. The normalized spacial score (nSPS) is 22.3. The lowest BCUT2D eigenvalue weighted by molar-refractivity contribution is -0.814. The van der Waals surface area contributed by atoms with Crippen molar-refractivity contribution in [2.75, 3.05) is 0 Å². The topological polar surface area (TPSA) is 86.3 Å². The van der Waals surface area contributed by atoms with Crippen molar-refractivity contribution in [3.8, 4) is 0 Å². The van der Waals surface area contributed by atoms with Gasteiger partial charge in [0.1, 0.15) is 0 Å². The zero-order valence-corrected chi connectivity index (χ0v) is 6.02. The van der Waals surface area contributed by atoms with Gasteiger partial charge in [-0.25, -0.2) is 0 Å². The average molecular weight is 160 g/mol. The van der Waals surface area contributed by atoms with E-state index >= 15 is 0 Å². The van der Waals surface area contributed by atoms with E-state index in [0.717, 1.165) is 0 Å². The van der Waals surface area contributed by atoms with Crippen LogP contribution in [0.3, 0.4) is 0 Å². The Morgan fingerprint density at radius 2 is 1.64 bits per heavy atom. The second-order valence-electron chi connectivity index (χ2n) is 3.01. The third-order valence-corrected chi connectivity index (χ3v) is 2.03. The fourth-order valence-corrected chi connectivity index (χ4v) is 1.42. The Bertz CT molecular complexity index is 193. The van der Waals surface area contributed by atoms with Gasteiger partial charge >= 0.3 is 5.66 Å². The van der Waals surface area contributed by atoms with E-state index in [0.29, 0.717) is 0 Å². The van der Waals surface area contributed by atoms with Gasteiger partial charge in [-0.05, 0) is 5.92 Å². The van der Waals surface area contributed by atoms with Crippen LogP contribution < -0.4 is 0 Å². The molecule has 1 aliphatic rings. The van der Waals surface area contributed by atoms with Gasteiger partial charge in [0, 0.05) is 0 Å². The zero-order valence-electron chi connectivity index (χ0n) is 6.02. The number of rotatable bonds is 2. The molecular formula is C5H8N2O4. The summed E-state index contributed by atoms with van der Waals surface area (Å²) in [6.07, 6.45) is 0.125. The van der Waals surface area contributed by atoms with Crippen LogP contribution in [0.2, 0.25) is 0 Å². The Hall–Kier alpha value is -1.20. The molecule has 0 aromatic heterocycles. The molecule has 1 rings (SSSR count). The molecule has 1 fully saturated rings. The Kier molecular flexibility index (Phi) is 1.54. The van der Waals surface area contributed by atoms with Crippen molar-refractivity contribution in [3.05, 3.63) is 20.2 Å². The van der Waals surface area contributed by atoms with Gasteiger partial charge in [0.25, 0.3) is 0 Å². The minimum absolute atomic E-state index is 0.0625. The fraction of sp³-hybridized carbons (Fsp3) is 1.00. The number of nitrogens with zero attached hydrogens (tertiary/aromatic N) is 2. The summed E-state index contributed by atoms with van der Waals surface area (Å²) in [6.45, 7) is 1.77. The minimum atomic E-state index is -1.86. The molecule has 0 aromatic rings. The number of hydrogen-bond acceptors (Lipinski definition) is 4. The van der Waals surface area contributed by atoms with Crippen LogP contribution >= 0.6 is 0 Å². The van der Waals surface area contributed by atoms with Gasteiger partial charge < -0.3 is 0 Å². The average Bonchev–Trinajstić information content (AvgIpc) is 1.78. The number of nitro groups is 2. The Morgan fingerprint density at radius 3 is 1.73 bits per heavy atom. The van der Waals surface area contributed by atoms with E-state index in [9.17, 15) is 20.2 Å². The standard InChI is InChI=1S/C5H8N2O4/c1-4-2-5(3-4,6(8)9)7(10)11/h4H,2-3H2,1H3. The van der Waals surface area contributed by atoms with Crippen LogP contribution in [0, 0.1) is 26.1 Å². The predicted molar refractivity (Wildman–Crippen MR) is 35.1 cm³/mol. The summed E-state index contributed by atoms with van der Waals surface area (Å²) in [7, 11) is 0. The zero-order chi connectivity index (χ0) is 8.65. The summed E-state index contributed by atoms with van der Waals surface area (Å²) in [5.41, 5.74) is -1.86. The largest absolute Gasteiger partial charge is 0.459 e. The van der Waals surface area contributed by atoms with Crippen LogP contribution in [-0.2, 0) is 0 Å². The van der Waals surface area contributed by atoms with E-state index in [1.54, 1.807) is 6.92 Å². The molecule has 0 heterocycles. The molecule has 0 radical (unpaired) electrons. The van der Waals surface area contributed by atoms with Crippen molar-refractivity contribution in [1.82, 2.24) is 0 Å². The third kappa shape index (κ3) is 0.941. The van der Waals surface area contributed by atoms with Crippen LogP contribution in [-0.4, -0.2) is 15.5 Å². The van der Waals surface area contributed by atoms with Gasteiger partial charge in [-0.15, -0.1) is 0 Å². The van der Waals surface area contributed by atoms with Gasteiger partial charge in [-0.2, -0.15) is 0 Å². The second-order valence-corrected chi connectivity index (χ2v) is 3.01. The Balaban J connectivity index is 2.77. The van der Waals surface area contributed by atoms with E-state index in [2.05, 4.69) is 0 Å². The van der Waals surface area contributed by atoms with E-state index in [4.69, 9.17) is 0 Å². The quantitative estimate of drug-likeness (QED) is 0.337. The molecule has 1 aliphatic carbocycles. The molecule has 0 spiro atoms. The van der Waals surface area contributed by atoms with Crippen LogP contribution in [0.15, 0.2) is 0 Å². The van der Waals surface area contributed by atoms with Gasteiger partial charge in [-0.1, -0.05) is 6.92 Å². The van der Waals surface area contributed by atoms with Crippen LogP contribution in [0.25, 0.3) is 0 Å². The van der Waals surface area contributed by atoms with Crippen LogP contribution in [0.5, 0.6) is 0 Å². The highest BCUT2D eigenvalue weighted by Gasteiger charge is 2.65. The van der Waals surface area contributed by atoms with Gasteiger partial charge in [0.2, 0.25) is 0 Å². The maximum atomic E-state index is 10.3. The summed E-state index contributed by atoms with van der Waals surface area (Å²) < 4.78 is 0. The highest BCUT2D eigenvalue weighted by molar-refractivity contribution is 4.83. The number of hydrogen-bond donors (Lipinski definition) is 0. The lowest BCUT2D eigenvalue weighted by Crippen LogP contribution is -2.55. The summed E-state index contributed by atoms with van der Waals surface area (Å²) >= 11 is 0. The smallest absolute Gasteiger partial charge is 0.258 e. The van der Waals surface area contributed by atoms with Crippen LogP contribution in [0.4, 0.5) is 0 Å². The lowest BCUT2D eigenvalue weighted by atomic mass is 9.76. The maximum absolute atomic E-state index is 10.3. The second kappa shape index (κ2) is 2.14. The first-order valence-electron chi connectivity index (χ1n) is 3.28. The van der Waals surface area contributed by atoms with E-state index in [1.165, 1.54) is 0 Å². The first-order chi connectivity index (χ1) is 4.99. The Morgan fingerprint density at radius 1 is 1.27 bits per heavy atom. The van der Waals surface area contributed by atoms with Gasteiger partial charge in [0.15, 0.2) is 0 Å². The lowest BCUT2D eigenvalue weighted by Gasteiger charge is -2.29. The molecular weight excluding hydrogens is 152 g/mol. The minimum Gasteiger partial charge on any atom is -0.258 e. The summed E-state index contributed by atoms with van der Waals surface area (Å²) in [6, 6.07) is 0. The fourth-order valence-electron chi connectivity index (χ4n) is 1.42. The van der Waals surface area contributed by atoms with Gasteiger partial charge in [0.05, 0.1) is 22.7 Å². The summed E-state index contributed by atoms with van der Waals surface area (Å²) in [5.74, 6) is 0.103. The van der Waals surface area contributed by atoms with Crippen molar-refractivity contribution >= 4 is 0 Å².